The van der Waals surface area contributed by atoms with Crippen LogP contribution in [-0.2, 0) is 14.3 Å². The van der Waals surface area contributed by atoms with Gasteiger partial charge < -0.3 is 10.3 Å². The van der Waals surface area contributed by atoms with Crippen LogP contribution < -0.4 is 0 Å². The Morgan fingerprint density at radius 3 is 2.54 bits per heavy atom. The number of Topliss-reactive ketones (excluding diaryl/α,β-unsaturated/α-hetero) is 1. The third-order valence-electron chi connectivity index (χ3n) is 1.35. The Hall–Kier alpha value is -1.92. The zero-order chi connectivity index (χ0) is 9.84. The van der Waals surface area contributed by atoms with Crippen molar-refractivity contribution in [3.63, 3.8) is 0 Å². The Labute approximate surface area is 74.3 Å². The fourth-order valence-corrected chi connectivity index (χ4v) is 0.700. The van der Waals surface area contributed by atoms with Gasteiger partial charge in [-0.05, 0) is 6.92 Å². The number of hydrogen-bond acceptors (Lipinski definition) is 3. The highest BCUT2D eigenvalue weighted by atomic mass is 16.5. The van der Waals surface area contributed by atoms with Crippen LogP contribution in [0.3, 0.4) is 0 Å². The number of ketones is 1. The van der Waals surface area contributed by atoms with Crippen LogP contribution in [0.15, 0.2) is 0 Å². The van der Waals surface area contributed by atoms with Gasteiger partial charge in [0.1, 0.15) is 0 Å². The fourth-order valence-electron chi connectivity index (χ4n) is 0.700. The fraction of sp³-hybridized carbons (Fsp3) is 0.375. The van der Waals surface area contributed by atoms with Crippen LogP contribution in [0.2, 0.25) is 0 Å². The molecule has 0 aromatic rings. The summed E-state index contributed by atoms with van der Waals surface area (Å²) in [6.07, 6.45) is 0. The van der Waals surface area contributed by atoms with Crippen molar-refractivity contribution in [2.75, 3.05) is 6.61 Å². The molecule has 5 nitrogen and oxygen atoms in total. The van der Waals surface area contributed by atoms with Gasteiger partial charge in [-0.15, -0.1) is 0 Å². The van der Waals surface area contributed by atoms with Crippen LogP contribution in [0.25, 0.3) is 5.53 Å². The van der Waals surface area contributed by atoms with Gasteiger partial charge >= 0.3 is 11.7 Å². The second kappa shape index (κ2) is 3.65. The van der Waals surface area contributed by atoms with E-state index in [1.54, 1.807) is 6.92 Å². The minimum absolute atomic E-state index is 0.122. The summed E-state index contributed by atoms with van der Waals surface area (Å²) < 4.78 is 4.49. The molecule has 0 unspecified atom stereocenters. The van der Waals surface area contributed by atoms with Gasteiger partial charge in [-0.1, -0.05) is 11.8 Å². The van der Waals surface area contributed by atoms with Crippen molar-refractivity contribution >= 4 is 17.5 Å². The van der Waals surface area contributed by atoms with Crippen LogP contribution in [0.5, 0.6) is 0 Å². The molecule has 0 aliphatic heterocycles. The molecule has 0 bridgehead atoms. The number of nitrogens with zero attached hydrogens (tertiary/aromatic N) is 2. The topological polar surface area (TPSA) is 79.8 Å². The van der Waals surface area contributed by atoms with Gasteiger partial charge in [0.15, 0.2) is 5.92 Å². The summed E-state index contributed by atoms with van der Waals surface area (Å²) in [6.45, 7) is 1.71. The molecule has 1 rings (SSSR count). The van der Waals surface area contributed by atoms with Crippen LogP contribution in [0.4, 0.5) is 0 Å². The predicted molar refractivity (Wildman–Crippen MR) is 41.5 cm³/mol. The van der Waals surface area contributed by atoms with E-state index < -0.39 is 23.4 Å². The van der Waals surface area contributed by atoms with E-state index in [2.05, 4.69) is 21.4 Å². The maximum absolute atomic E-state index is 11.1. The maximum Gasteiger partial charge on any atom is 0.443 e. The monoisotopic (exact) mass is 178 g/mol. The van der Waals surface area contributed by atoms with E-state index in [0.717, 1.165) is 0 Å². The highest BCUT2D eigenvalue weighted by molar-refractivity contribution is 6.63. The summed E-state index contributed by atoms with van der Waals surface area (Å²) in [5.41, 5.74) is 7.77. The summed E-state index contributed by atoms with van der Waals surface area (Å²) in [4.78, 5) is 24.7. The van der Waals surface area contributed by atoms with Gasteiger partial charge in [-0.25, -0.2) is 4.79 Å². The van der Waals surface area contributed by atoms with Gasteiger partial charge in [0.25, 0.3) is 5.78 Å². The molecule has 1 aliphatic carbocycles. The van der Waals surface area contributed by atoms with Gasteiger partial charge in [-0.3, -0.25) is 4.79 Å². The van der Waals surface area contributed by atoms with Crippen LogP contribution in [0, 0.1) is 17.8 Å². The highest BCUT2D eigenvalue weighted by Gasteiger charge is 2.38. The van der Waals surface area contributed by atoms with Crippen LogP contribution >= 0.6 is 0 Å². The first-order valence-corrected chi connectivity index (χ1v) is 3.65. The van der Waals surface area contributed by atoms with E-state index in [9.17, 15) is 9.59 Å². The minimum Gasteiger partial charge on any atom is -0.457 e. The molecular formula is C8H6N2O3. The first-order chi connectivity index (χ1) is 6.20. The molecule has 66 valence electrons. The molecule has 0 spiro atoms. The van der Waals surface area contributed by atoms with E-state index in [1.165, 1.54) is 0 Å². The lowest BCUT2D eigenvalue weighted by atomic mass is 10.1. The van der Waals surface area contributed by atoms with E-state index in [1.807, 2.05) is 0 Å². The third kappa shape index (κ3) is 2.01. The lowest BCUT2D eigenvalue weighted by Crippen LogP contribution is -2.29. The van der Waals surface area contributed by atoms with Crippen molar-refractivity contribution in [2.24, 2.45) is 5.92 Å². The SMILES string of the molecule is CCOC(=O)C(=[N+]=[N-])C(=O)C1C#C1. The maximum atomic E-state index is 11.1. The smallest absolute Gasteiger partial charge is 0.443 e. The number of carbonyl (C=O) groups excluding carboxylic acids is 2. The van der Waals surface area contributed by atoms with Gasteiger partial charge in [0.05, 0.1) is 6.61 Å². The molecule has 0 atom stereocenters. The summed E-state index contributed by atoms with van der Waals surface area (Å²) in [7, 11) is 0. The van der Waals surface area contributed by atoms with Crippen molar-refractivity contribution < 1.29 is 19.1 Å². The minimum atomic E-state index is -0.925. The molecule has 1 aliphatic rings. The summed E-state index contributed by atoms with van der Waals surface area (Å²) in [6, 6.07) is 0. The van der Waals surface area contributed by atoms with Crippen LogP contribution in [-0.4, -0.2) is 28.9 Å². The zero-order valence-corrected chi connectivity index (χ0v) is 6.90. The first kappa shape index (κ1) is 9.17. The number of ether oxygens (including phenoxy) is 1. The molecule has 0 saturated carbocycles. The number of carbonyl (C=O) groups is 2. The molecule has 0 N–H and O–H groups in total. The summed E-state index contributed by atoms with van der Waals surface area (Å²) in [5.74, 6) is 2.69. The Morgan fingerprint density at radius 1 is 1.54 bits per heavy atom. The molecule has 0 heterocycles. The highest BCUT2D eigenvalue weighted by Crippen LogP contribution is 2.06. The molecule has 0 saturated heterocycles. The molecule has 0 radical (unpaired) electrons. The largest absolute Gasteiger partial charge is 0.457 e. The second-order valence-electron chi connectivity index (χ2n) is 2.26. The number of esters is 1. The van der Waals surface area contributed by atoms with Crippen molar-refractivity contribution in [1.82, 2.24) is 0 Å². The van der Waals surface area contributed by atoms with E-state index in [0.29, 0.717) is 0 Å². The quantitative estimate of drug-likeness (QED) is 0.144. The lowest BCUT2D eigenvalue weighted by molar-refractivity contribution is -0.141. The van der Waals surface area contributed by atoms with E-state index in [-0.39, 0.29) is 6.61 Å². The van der Waals surface area contributed by atoms with Crippen molar-refractivity contribution in [3.05, 3.63) is 5.53 Å². The zero-order valence-electron chi connectivity index (χ0n) is 6.90. The molecule has 5 heteroatoms. The Balaban J connectivity index is 2.67. The number of hydrogen-bond donors (Lipinski definition) is 0. The van der Waals surface area contributed by atoms with Crippen molar-refractivity contribution in [2.45, 2.75) is 6.92 Å². The standard InChI is InChI=1S/C8H6N2O3/c1-2-13-8(12)6(10-9)7(11)5-3-4-5/h5H,2H2,1H3. The molecule has 0 aromatic carbocycles. The number of rotatable bonds is 4. The lowest BCUT2D eigenvalue weighted by Gasteiger charge is -1.94. The average Bonchev–Trinajstić information content (AvgIpc) is 2.88. The van der Waals surface area contributed by atoms with Crippen molar-refractivity contribution in [1.29, 1.82) is 0 Å². The summed E-state index contributed by atoms with van der Waals surface area (Å²) >= 11 is 0. The Kier molecular flexibility index (Phi) is 2.58. The second-order valence-corrected chi connectivity index (χ2v) is 2.26. The first-order valence-electron chi connectivity index (χ1n) is 3.65. The average molecular weight is 178 g/mol. The van der Waals surface area contributed by atoms with Crippen LogP contribution in [0.1, 0.15) is 6.92 Å². The molecular weight excluding hydrogens is 172 g/mol. The Bertz CT molecular complexity index is 361. The van der Waals surface area contributed by atoms with Gasteiger partial charge in [0, 0.05) is 0 Å². The molecule has 13 heavy (non-hydrogen) atoms. The molecule has 0 aromatic heterocycles. The van der Waals surface area contributed by atoms with E-state index in [4.69, 9.17) is 5.53 Å². The molecule has 0 fully saturated rings. The predicted octanol–water partition coefficient (Wildman–Crippen LogP) is -0.577. The van der Waals surface area contributed by atoms with Crippen molar-refractivity contribution in [3.8, 4) is 11.8 Å². The third-order valence-corrected chi connectivity index (χ3v) is 1.35. The Morgan fingerprint density at radius 2 is 2.15 bits per heavy atom. The van der Waals surface area contributed by atoms with Gasteiger partial charge in [-0.2, -0.15) is 4.79 Å². The summed E-state index contributed by atoms with van der Waals surface area (Å²) in [5, 5.41) is 0. The normalized spacial score (nSPS) is 12.1. The van der Waals surface area contributed by atoms with Gasteiger partial charge in [0.2, 0.25) is 0 Å². The molecule has 0 amide bonds. The van der Waals surface area contributed by atoms with E-state index >= 15 is 0 Å².